The maximum absolute atomic E-state index is 12.5. The molecule has 15 heavy (non-hydrogen) atoms. The molecule has 1 heterocycles. The van der Waals surface area contributed by atoms with Crippen molar-refractivity contribution in [3.05, 3.63) is 28.0 Å². The number of carbonyl (C=O) groups excluding carboxylic acids is 1. The molecule has 0 radical (unpaired) electrons. The minimum absolute atomic E-state index is 0.00229. The summed E-state index contributed by atoms with van der Waals surface area (Å²) < 4.78 is 41.6. The van der Waals surface area contributed by atoms with Crippen molar-refractivity contribution in [3.63, 3.8) is 0 Å². The molecule has 0 amide bonds. The highest BCUT2D eigenvalue weighted by molar-refractivity contribution is 9.10. The fourth-order valence-corrected chi connectivity index (χ4v) is 1.27. The summed E-state index contributed by atoms with van der Waals surface area (Å²) in [5.74, 6) is -1.07. The summed E-state index contributed by atoms with van der Waals surface area (Å²) in [7, 11) is 1.00. The van der Waals surface area contributed by atoms with Crippen molar-refractivity contribution in [2.45, 2.75) is 6.18 Å². The number of rotatable bonds is 1. The monoisotopic (exact) mass is 283 g/mol. The van der Waals surface area contributed by atoms with Crippen molar-refractivity contribution in [3.8, 4) is 0 Å². The van der Waals surface area contributed by atoms with Crippen LogP contribution in [0.15, 0.2) is 16.9 Å². The highest BCUT2D eigenvalue weighted by atomic mass is 79.9. The van der Waals surface area contributed by atoms with Gasteiger partial charge >= 0.3 is 12.1 Å². The number of carbonyl (C=O) groups is 1. The molecule has 0 aliphatic heterocycles. The zero-order chi connectivity index (χ0) is 11.6. The van der Waals surface area contributed by atoms with Crippen molar-refractivity contribution in [2.75, 3.05) is 7.11 Å². The lowest BCUT2D eigenvalue weighted by Crippen LogP contribution is -2.14. The van der Waals surface area contributed by atoms with Gasteiger partial charge in [0.2, 0.25) is 0 Å². The molecule has 0 N–H and O–H groups in total. The quantitative estimate of drug-likeness (QED) is 0.588. The first-order valence-electron chi connectivity index (χ1n) is 3.67. The normalized spacial score (nSPS) is 11.3. The van der Waals surface area contributed by atoms with Crippen LogP contribution in [0.5, 0.6) is 0 Å². The molecule has 0 atom stereocenters. The van der Waals surface area contributed by atoms with E-state index in [1.54, 1.807) is 0 Å². The summed E-state index contributed by atoms with van der Waals surface area (Å²) in [5, 5.41) is 0. The second kappa shape index (κ2) is 4.18. The van der Waals surface area contributed by atoms with Crippen molar-refractivity contribution in [1.29, 1.82) is 0 Å². The van der Waals surface area contributed by atoms with Gasteiger partial charge in [0, 0.05) is 6.20 Å². The summed E-state index contributed by atoms with van der Waals surface area (Å²) >= 11 is 2.80. The first-order chi connectivity index (χ1) is 6.86. The highest BCUT2D eigenvalue weighted by Gasteiger charge is 2.36. The molecule has 0 aliphatic carbocycles. The van der Waals surface area contributed by atoms with Gasteiger partial charge < -0.3 is 4.74 Å². The van der Waals surface area contributed by atoms with E-state index in [1.807, 2.05) is 0 Å². The third-order valence-electron chi connectivity index (χ3n) is 1.58. The van der Waals surface area contributed by atoms with E-state index in [2.05, 4.69) is 25.7 Å². The Bertz CT molecular complexity index is 392. The molecular weight excluding hydrogens is 279 g/mol. The summed E-state index contributed by atoms with van der Waals surface area (Å²) in [6.45, 7) is 0. The van der Waals surface area contributed by atoms with Gasteiger partial charge in [-0.25, -0.2) is 9.78 Å². The number of halogens is 4. The molecule has 1 aromatic heterocycles. The van der Waals surface area contributed by atoms with Crippen LogP contribution in [-0.4, -0.2) is 18.1 Å². The van der Waals surface area contributed by atoms with Gasteiger partial charge in [-0.3, -0.25) is 0 Å². The van der Waals surface area contributed by atoms with Crippen molar-refractivity contribution in [2.24, 2.45) is 0 Å². The van der Waals surface area contributed by atoms with Crippen LogP contribution in [0.25, 0.3) is 0 Å². The molecule has 0 spiro atoms. The van der Waals surface area contributed by atoms with Gasteiger partial charge in [-0.15, -0.1) is 0 Å². The van der Waals surface area contributed by atoms with Gasteiger partial charge in [-0.2, -0.15) is 13.2 Å². The van der Waals surface area contributed by atoms with E-state index in [4.69, 9.17) is 0 Å². The van der Waals surface area contributed by atoms with E-state index in [1.165, 1.54) is 0 Å². The van der Waals surface area contributed by atoms with Gasteiger partial charge in [0.15, 0.2) is 0 Å². The first-order valence-corrected chi connectivity index (χ1v) is 4.46. The van der Waals surface area contributed by atoms with Crippen LogP contribution in [0, 0.1) is 0 Å². The van der Waals surface area contributed by atoms with Gasteiger partial charge in [-0.1, -0.05) is 0 Å². The zero-order valence-electron chi connectivity index (χ0n) is 7.43. The molecule has 7 heteroatoms. The number of ether oxygens (including phenoxy) is 1. The molecule has 0 unspecified atom stereocenters. The van der Waals surface area contributed by atoms with Gasteiger partial charge in [0.25, 0.3) is 0 Å². The van der Waals surface area contributed by atoms with Crippen molar-refractivity contribution < 1.29 is 22.7 Å². The molecule has 0 aliphatic rings. The van der Waals surface area contributed by atoms with Gasteiger partial charge in [0.1, 0.15) is 4.60 Å². The molecule has 0 saturated heterocycles. The van der Waals surface area contributed by atoms with Crippen LogP contribution in [0.2, 0.25) is 0 Å². The third kappa shape index (κ3) is 2.68. The minimum atomic E-state index is -4.62. The number of hydrogen-bond acceptors (Lipinski definition) is 3. The topological polar surface area (TPSA) is 39.2 Å². The van der Waals surface area contributed by atoms with Crippen LogP contribution in [0.1, 0.15) is 15.9 Å². The van der Waals surface area contributed by atoms with E-state index < -0.39 is 23.3 Å². The highest BCUT2D eigenvalue weighted by Crippen LogP contribution is 2.33. The van der Waals surface area contributed by atoms with E-state index >= 15 is 0 Å². The number of aromatic nitrogens is 1. The summed E-state index contributed by atoms with van der Waals surface area (Å²) in [6, 6.07) is 0.728. The lowest BCUT2D eigenvalue weighted by atomic mass is 10.1. The number of pyridine rings is 1. The number of esters is 1. The van der Waals surface area contributed by atoms with Crippen LogP contribution in [0.4, 0.5) is 13.2 Å². The van der Waals surface area contributed by atoms with Crippen LogP contribution < -0.4 is 0 Å². The van der Waals surface area contributed by atoms with Crippen molar-refractivity contribution >= 4 is 21.9 Å². The Labute approximate surface area is 91.4 Å². The standard InChI is InChI=1S/C8H5BrF3NO2/c1-15-7(14)4-3-13-6(9)2-5(4)8(10,11)12/h2-3H,1H3. The van der Waals surface area contributed by atoms with E-state index in [9.17, 15) is 18.0 Å². The number of alkyl halides is 3. The fraction of sp³-hybridized carbons (Fsp3) is 0.250. The van der Waals surface area contributed by atoms with E-state index in [0.29, 0.717) is 0 Å². The first kappa shape index (κ1) is 12.0. The Morgan fingerprint density at radius 1 is 1.53 bits per heavy atom. The Hall–Kier alpha value is -1.11. The molecule has 0 saturated carbocycles. The Morgan fingerprint density at radius 2 is 2.13 bits per heavy atom. The maximum Gasteiger partial charge on any atom is 0.417 e. The SMILES string of the molecule is COC(=O)c1cnc(Br)cc1C(F)(F)F. The van der Waals surface area contributed by atoms with E-state index in [-0.39, 0.29) is 4.60 Å². The molecular formula is C8H5BrF3NO2. The minimum Gasteiger partial charge on any atom is -0.465 e. The summed E-state index contributed by atoms with van der Waals surface area (Å²) in [5.41, 5.74) is -1.68. The number of hydrogen-bond donors (Lipinski definition) is 0. The van der Waals surface area contributed by atoms with Crippen LogP contribution in [-0.2, 0) is 10.9 Å². The largest absolute Gasteiger partial charge is 0.465 e. The van der Waals surface area contributed by atoms with Crippen molar-refractivity contribution in [1.82, 2.24) is 4.98 Å². The fourth-order valence-electron chi connectivity index (χ4n) is 0.937. The van der Waals surface area contributed by atoms with Crippen LogP contribution >= 0.6 is 15.9 Å². The summed E-state index contributed by atoms with van der Waals surface area (Å²) in [6.07, 6.45) is -3.80. The molecule has 0 bridgehead atoms. The molecule has 1 rings (SSSR count). The Kier molecular flexibility index (Phi) is 3.33. The number of nitrogens with zero attached hydrogens (tertiary/aromatic N) is 1. The predicted molar refractivity (Wildman–Crippen MR) is 48.3 cm³/mol. The lowest BCUT2D eigenvalue weighted by Gasteiger charge is -2.10. The second-order valence-corrected chi connectivity index (χ2v) is 3.35. The predicted octanol–water partition coefficient (Wildman–Crippen LogP) is 2.65. The van der Waals surface area contributed by atoms with Gasteiger partial charge in [0.05, 0.1) is 18.2 Å². The Morgan fingerprint density at radius 3 is 2.60 bits per heavy atom. The molecule has 0 fully saturated rings. The molecule has 1 aromatic rings. The van der Waals surface area contributed by atoms with Crippen LogP contribution in [0.3, 0.4) is 0 Å². The third-order valence-corrected chi connectivity index (χ3v) is 2.01. The summed E-state index contributed by atoms with van der Waals surface area (Å²) in [4.78, 5) is 14.6. The average molecular weight is 284 g/mol. The van der Waals surface area contributed by atoms with E-state index in [0.717, 1.165) is 19.4 Å². The molecule has 82 valence electrons. The maximum atomic E-state index is 12.5. The smallest absolute Gasteiger partial charge is 0.417 e. The number of methoxy groups -OCH3 is 1. The van der Waals surface area contributed by atoms with Gasteiger partial charge in [-0.05, 0) is 22.0 Å². The second-order valence-electron chi connectivity index (χ2n) is 2.54. The zero-order valence-corrected chi connectivity index (χ0v) is 9.02. The Balaban J connectivity index is 3.33. The average Bonchev–Trinajstić information content (AvgIpc) is 2.15. The molecule has 0 aromatic carbocycles. The molecule has 3 nitrogen and oxygen atoms in total. The lowest BCUT2D eigenvalue weighted by molar-refractivity contribution is -0.138.